The molecular weight excluding hydrogens is 346 g/mol. The molecular formula is C17H18ClN3O2S. The third-order valence-electron chi connectivity index (χ3n) is 3.04. The predicted molar refractivity (Wildman–Crippen MR) is 101 cm³/mol. The molecule has 2 rings (SSSR count). The fraction of sp³-hybridized carbons (Fsp3) is 0.176. The lowest BCUT2D eigenvalue weighted by Crippen LogP contribution is -2.24. The zero-order valence-electron chi connectivity index (χ0n) is 13.1. The highest BCUT2D eigenvalue weighted by Crippen LogP contribution is 2.17. The highest BCUT2D eigenvalue weighted by molar-refractivity contribution is 7.99. The number of hydrogen-bond donors (Lipinski definition) is 3. The molecule has 0 aromatic heterocycles. The first-order valence-electron chi connectivity index (χ1n) is 7.27. The highest BCUT2D eigenvalue weighted by Gasteiger charge is 2.04. The van der Waals surface area contributed by atoms with Gasteiger partial charge in [0.05, 0.1) is 5.75 Å². The van der Waals surface area contributed by atoms with Crippen LogP contribution in [0.5, 0.6) is 0 Å². The Balaban J connectivity index is 1.76. The van der Waals surface area contributed by atoms with Crippen molar-refractivity contribution in [3.63, 3.8) is 0 Å². The summed E-state index contributed by atoms with van der Waals surface area (Å²) in [5, 5.41) is 8.64. The molecule has 0 aliphatic carbocycles. The van der Waals surface area contributed by atoms with Crippen molar-refractivity contribution in [2.24, 2.45) is 0 Å². The van der Waals surface area contributed by atoms with Crippen molar-refractivity contribution in [1.29, 1.82) is 0 Å². The van der Waals surface area contributed by atoms with Crippen LogP contribution in [0.4, 0.5) is 16.2 Å². The van der Waals surface area contributed by atoms with Gasteiger partial charge < -0.3 is 16.0 Å². The van der Waals surface area contributed by atoms with Crippen LogP contribution in [0.1, 0.15) is 5.56 Å². The van der Waals surface area contributed by atoms with Crippen LogP contribution < -0.4 is 16.0 Å². The lowest BCUT2D eigenvalue weighted by molar-refractivity contribution is -0.113. The van der Waals surface area contributed by atoms with E-state index < -0.39 is 0 Å². The molecule has 0 radical (unpaired) electrons. The molecule has 0 heterocycles. The van der Waals surface area contributed by atoms with Crippen molar-refractivity contribution in [3.8, 4) is 0 Å². The van der Waals surface area contributed by atoms with E-state index in [0.29, 0.717) is 22.2 Å². The van der Waals surface area contributed by atoms with Gasteiger partial charge in [-0.05, 0) is 42.0 Å². The van der Waals surface area contributed by atoms with Gasteiger partial charge in [0.2, 0.25) is 5.91 Å². The second kappa shape index (κ2) is 9.20. The number of hydrogen-bond acceptors (Lipinski definition) is 3. The SMILES string of the molecule is CNC(=O)Nc1ccc(NC(=O)CSCc2cccc(Cl)c2)cc1. The number of carbonyl (C=O) groups excluding carboxylic acids is 2. The van der Waals surface area contributed by atoms with Gasteiger partial charge in [-0.3, -0.25) is 4.79 Å². The number of amides is 3. The van der Waals surface area contributed by atoms with Crippen LogP contribution in [0.3, 0.4) is 0 Å². The molecule has 2 aromatic rings. The van der Waals surface area contributed by atoms with Crippen LogP contribution in [0, 0.1) is 0 Å². The van der Waals surface area contributed by atoms with E-state index in [1.807, 2.05) is 24.3 Å². The zero-order valence-corrected chi connectivity index (χ0v) is 14.7. The molecule has 0 aliphatic heterocycles. The number of halogens is 1. The monoisotopic (exact) mass is 363 g/mol. The molecule has 0 aliphatic rings. The normalized spacial score (nSPS) is 10.1. The molecule has 0 saturated carbocycles. The molecule has 7 heteroatoms. The smallest absolute Gasteiger partial charge is 0.318 e. The standard InChI is InChI=1S/C17H18ClN3O2S/c1-19-17(23)21-15-7-5-14(6-8-15)20-16(22)11-24-10-12-3-2-4-13(18)9-12/h2-9H,10-11H2,1H3,(H,20,22)(H2,19,21,23). The number of anilines is 2. The third kappa shape index (κ3) is 6.14. The van der Waals surface area contributed by atoms with Gasteiger partial charge >= 0.3 is 6.03 Å². The van der Waals surface area contributed by atoms with Gasteiger partial charge in [-0.2, -0.15) is 0 Å². The summed E-state index contributed by atoms with van der Waals surface area (Å²) in [7, 11) is 1.55. The molecule has 24 heavy (non-hydrogen) atoms. The van der Waals surface area contributed by atoms with Gasteiger partial charge in [0, 0.05) is 29.2 Å². The molecule has 0 fully saturated rings. The Morgan fingerprint density at radius 1 is 1.04 bits per heavy atom. The number of urea groups is 1. The number of rotatable bonds is 6. The van der Waals surface area contributed by atoms with Gasteiger partial charge in [-0.15, -0.1) is 11.8 Å². The van der Waals surface area contributed by atoms with Gasteiger partial charge in [0.25, 0.3) is 0 Å². The fourth-order valence-electron chi connectivity index (χ4n) is 1.92. The highest BCUT2D eigenvalue weighted by atomic mass is 35.5. The molecule has 3 N–H and O–H groups in total. The third-order valence-corrected chi connectivity index (χ3v) is 4.28. The molecule has 0 saturated heterocycles. The minimum atomic E-state index is -0.288. The van der Waals surface area contributed by atoms with Crippen molar-refractivity contribution in [1.82, 2.24) is 5.32 Å². The van der Waals surface area contributed by atoms with Gasteiger partial charge in [0.1, 0.15) is 0 Å². The zero-order chi connectivity index (χ0) is 17.4. The molecule has 0 unspecified atom stereocenters. The number of benzene rings is 2. The first kappa shape index (κ1) is 18.2. The lowest BCUT2D eigenvalue weighted by Gasteiger charge is -2.08. The van der Waals surface area contributed by atoms with Gasteiger partial charge in [-0.25, -0.2) is 4.79 Å². The number of thioether (sulfide) groups is 1. The Labute approximate surface area is 150 Å². The Hall–Kier alpha value is -2.18. The number of carbonyl (C=O) groups is 2. The largest absolute Gasteiger partial charge is 0.341 e. The van der Waals surface area contributed by atoms with Gasteiger partial charge in [0.15, 0.2) is 0 Å². The Morgan fingerprint density at radius 2 is 1.71 bits per heavy atom. The van der Waals surface area contributed by atoms with Crippen molar-refractivity contribution >= 4 is 46.7 Å². The van der Waals surface area contributed by atoms with Crippen molar-refractivity contribution in [3.05, 3.63) is 59.1 Å². The van der Waals surface area contributed by atoms with Crippen molar-refractivity contribution in [2.45, 2.75) is 5.75 Å². The Bertz CT molecular complexity index is 707. The average molecular weight is 364 g/mol. The van der Waals surface area contributed by atoms with E-state index in [0.717, 1.165) is 11.3 Å². The van der Waals surface area contributed by atoms with Crippen LogP contribution in [0.2, 0.25) is 5.02 Å². The van der Waals surface area contributed by atoms with Crippen LogP contribution in [-0.2, 0) is 10.5 Å². The minimum Gasteiger partial charge on any atom is -0.341 e. The van der Waals surface area contributed by atoms with Crippen molar-refractivity contribution < 1.29 is 9.59 Å². The molecule has 2 aromatic carbocycles. The summed E-state index contributed by atoms with van der Waals surface area (Å²) in [6.45, 7) is 0. The molecule has 0 atom stereocenters. The predicted octanol–water partition coefficient (Wildman–Crippen LogP) is 3.96. The molecule has 3 amide bonds. The fourth-order valence-corrected chi connectivity index (χ4v) is 2.90. The topological polar surface area (TPSA) is 70.2 Å². The van der Waals surface area contributed by atoms with Crippen LogP contribution in [0.15, 0.2) is 48.5 Å². The van der Waals surface area contributed by atoms with E-state index in [-0.39, 0.29) is 11.9 Å². The molecule has 126 valence electrons. The van der Waals surface area contributed by atoms with E-state index in [4.69, 9.17) is 11.6 Å². The summed E-state index contributed by atoms with van der Waals surface area (Å²) in [6, 6.07) is 14.2. The Morgan fingerprint density at radius 3 is 2.33 bits per heavy atom. The maximum Gasteiger partial charge on any atom is 0.318 e. The first-order valence-corrected chi connectivity index (χ1v) is 8.81. The Kier molecular flexibility index (Phi) is 6.96. The maximum absolute atomic E-state index is 11.9. The maximum atomic E-state index is 11.9. The molecule has 5 nitrogen and oxygen atoms in total. The summed E-state index contributed by atoms with van der Waals surface area (Å²) in [5.74, 6) is 1.00. The van der Waals surface area contributed by atoms with Crippen LogP contribution >= 0.6 is 23.4 Å². The summed E-state index contributed by atoms with van der Waals surface area (Å²) < 4.78 is 0. The second-order valence-electron chi connectivity index (χ2n) is 4.95. The quantitative estimate of drug-likeness (QED) is 0.727. The lowest BCUT2D eigenvalue weighted by atomic mass is 10.2. The van der Waals surface area contributed by atoms with E-state index in [1.54, 1.807) is 31.3 Å². The first-order chi connectivity index (χ1) is 11.6. The van der Waals surface area contributed by atoms with Crippen molar-refractivity contribution in [2.75, 3.05) is 23.4 Å². The van der Waals surface area contributed by atoms with E-state index in [2.05, 4.69) is 16.0 Å². The van der Waals surface area contributed by atoms with Gasteiger partial charge in [-0.1, -0.05) is 23.7 Å². The van der Waals surface area contributed by atoms with E-state index in [1.165, 1.54) is 11.8 Å². The summed E-state index contributed by atoms with van der Waals surface area (Å²) in [4.78, 5) is 23.1. The minimum absolute atomic E-state index is 0.0750. The molecule has 0 spiro atoms. The summed E-state index contributed by atoms with van der Waals surface area (Å²) >= 11 is 7.45. The summed E-state index contributed by atoms with van der Waals surface area (Å²) in [5.41, 5.74) is 2.43. The average Bonchev–Trinajstić information content (AvgIpc) is 2.56. The van der Waals surface area contributed by atoms with Crippen LogP contribution in [0.25, 0.3) is 0 Å². The number of nitrogens with one attached hydrogen (secondary N) is 3. The van der Waals surface area contributed by atoms with Crippen LogP contribution in [-0.4, -0.2) is 24.7 Å². The molecule has 0 bridgehead atoms. The van der Waals surface area contributed by atoms with E-state index >= 15 is 0 Å². The second-order valence-corrected chi connectivity index (χ2v) is 6.37. The van der Waals surface area contributed by atoms with E-state index in [9.17, 15) is 9.59 Å². The summed E-state index contributed by atoms with van der Waals surface area (Å²) in [6.07, 6.45) is 0.